The van der Waals surface area contributed by atoms with Crippen LogP contribution in [-0.2, 0) is 9.53 Å². The Kier molecular flexibility index (Phi) is 4.81. The van der Waals surface area contributed by atoms with Crippen LogP contribution in [0, 0.1) is 5.92 Å². The van der Waals surface area contributed by atoms with E-state index >= 15 is 0 Å². The Morgan fingerprint density at radius 3 is 2.61 bits per heavy atom. The van der Waals surface area contributed by atoms with Gasteiger partial charge in [-0.3, -0.25) is 4.79 Å². The van der Waals surface area contributed by atoms with Gasteiger partial charge in [-0.1, -0.05) is 40.9 Å². The first-order valence-electron chi connectivity index (χ1n) is 6.14. The minimum atomic E-state index is -1.83. The van der Waals surface area contributed by atoms with E-state index in [4.69, 9.17) is 39.5 Å². The topological polar surface area (TPSA) is 29.5 Å². The number of alkyl halides is 3. The third-order valence-electron chi connectivity index (χ3n) is 3.38. The predicted octanol–water partition coefficient (Wildman–Crippen LogP) is 2.94. The van der Waals surface area contributed by atoms with Gasteiger partial charge in [-0.15, -0.1) is 0 Å². The maximum absolute atomic E-state index is 12.2. The van der Waals surface area contributed by atoms with Crippen molar-refractivity contribution in [3.05, 3.63) is 11.8 Å². The molecule has 0 aromatic heterocycles. The van der Waals surface area contributed by atoms with Crippen LogP contribution in [0.15, 0.2) is 11.8 Å². The van der Waals surface area contributed by atoms with Gasteiger partial charge in [0.2, 0.25) is 3.79 Å². The number of nitrogens with zero attached hydrogens (tertiary/aromatic N) is 1. The van der Waals surface area contributed by atoms with Crippen molar-refractivity contribution in [2.45, 2.75) is 23.1 Å². The van der Waals surface area contributed by atoms with Gasteiger partial charge in [-0.25, -0.2) is 0 Å². The number of allylic oxidation sites excluding steroid dienone is 2. The molecular weight excluding hydrogens is 296 g/mol. The van der Waals surface area contributed by atoms with E-state index in [1.807, 2.05) is 0 Å². The van der Waals surface area contributed by atoms with Crippen LogP contribution >= 0.6 is 34.8 Å². The average molecular weight is 313 g/mol. The van der Waals surface area contributed by atoms with Gasteiger partial charge in [-0.2, -0.15) is 0 Å². The third kappa shape index (κ3) is 3.32. The molecule has 0 aromatic rings. The van der Waals surface area contributed by atoms with E-state index in [1.54, 1.807) is 0 Å². The summed E-state index contributed by atoms with van der Waals surface area (Å²) in [5.74, 6) is -0.603. The van der Waals surface area contributed by atoms with Crippen LogP contribution in [0.25, 0.3) is 0 Å². The number of rotatable bonds is 2. The normalized spacial score (nSPS) is 25.8. The number of Topliss-reactive ketones (excluding diaryl/α,β-unsaturated/α-hetero) is 1. The SMILES string of the molecule is O=C(C1CCCC=C1N1CCOCC1)C(Cl)(Cl)Cl. The fraction of sp³-hybridized carbons (Fsp3) is 0.750. The van der Waals surface area contributed by atoms with Crippen molar-refractivity contribution >= 4 is 40.6 Å². The summed E-state index contributed by atoms with van der Waals surface area (Å²) in [7, 11) is 0. The van der Waals surface area contributed by atoms with Gasteiger partial charge in [0.15, 0.2) is 5.78 Å². The number of hydrogen-bond donors (Lipinski definition) is 0. The summed E-state index contributed by atoms with van der Waals surface area (Å²) in [6.07, 6.45) is 4.81. The van der Waals surface area contributed by atoms with Crippen molar-refractivity contribution in [2.24, 2.45) is 5.92 Å². The van der Waals surface area contributed by atoms with Crippen LogP contribution in [0.4, 0.5) is 0 Å². The molecule has 0 radical (unpaired) electrons. The number of carbonyl (C=O) groups excluding carboxylic acids is 1. The summed E-state index contributed by atoms with van der Waals surface area (Å²) in [5, 5.41) is 0. The summed E-state index contributed by atoms with van der Waals surface area (Å²) in [5.41, 5.74) is 1.01. The fourth-order valence-electron chi connectivity index (χ4n) is 2.50. The van der Waals surface area contributed by atoms with Crippen molar-refractivity contribution < 1.29 is 9.53 Å². The molecule has 1 fully saturated rings. The predicted molar refractivity (Wildman–Crippen MR) is 73.1 cm³/mol. The molecule has 0 saturated carbocycles. The maximum Gasteiger partial charge on any atom is 0.249 e. The second-order valence-corrected chi connectivity index (χ2v) is 6.86. The van der Waals surface area contributed by atoms with E-state index in [9.17, 15) is 4.79 Å². The standard InChI is InChI=1S/C12H16Cl3NO2/c13-12(14,15)11(17)9-3-1-2-4-10(9)16-5-7-18-8-6-16/h4,9H,1-3,5-8H2. The Morgan fingerprint density at radius 2 is 2.00 bits per heavy atom. The molecule has 0 bridgehead atoms. The monoisotopic (exact) mass is 311 g/mol. The van der Waals surface area contributed by atoms with Crippen molar-refractivity contribution in [3.63, 3.8) is 0 Å². The van der Waals surface area contributed by atoms with E-state index in [0.29, 0.717) is 13.2 Å². The molecule has 102 valence electrons. The lowest BCUT2D eigenvalue weighted by Crippen LogP contribution is -2.42. The molecule has 1 atom stereocenters. The van der Waals surface area contributed by atoms with Crippen LogP contribution in [0.5, 0.6) is 0 Å². The lowest BCUT2D eigenvalue weighted by molar-refractivity contribution is -0.122. The molecule has 3 nitrogen and oxygen atoms in total. The van der Waals surface area contributed by atoms with Gasteiger partial charge in [0.1, 0.15) is 0 Å². The molecule has 2 aliphatic rings. The van der Waals surface area contributed by atoms with E-state index in [0.717, 1.165) is 38.0 Å². The van der Waals surface area contributed by atoms with Crippen LogP contribution in [0.3, 0.4) is 0 Å². The number of ketones is 1. The molecule has 18 heavy (non-hydrogen) atoms. The first-order valence-corrected chi connectivity index (χ1v) is 7.27. The van der Waals surface area contributed by atoms with Gasteiger partial charge in [-0.05, 0) is 19.3 Å². The third-order valence-corrected chi connectivity index (χ3v) is 3.94. The molecule has 0 amide bonds. The van der Waals surface area contributed by atoms with E-state index in [2.05, 4.69) is 11.0 Å². The van der Waals surface area contributed by atoms with Crippen LogP contribution in [-0.4, -0.2) is 40.8 Å². The van der Waals surface area contributed by atoms with Gasteiger partial charge in [0, 0.05) is 18.8 Å². The molecule has 0 aromatic carbocycles. The summed E-state index contributed by atoms with van der Waals surface area (Å²) in [6.45, 7) is 2.98. The fourth-order valence-corrected chi connectivity index (χ4v) is 2.89. The van der Waals surface area contributed by atoms with Crippen molar-refractivity contribution in [1.29, 1.82) is 0 Å². The van der Waals surface area contributed by atoms with E-state index < -0.39 is 3.79 Å². The second kappa shape index (κ2) is 6.00. The minimum Gasteiger partial charge on any atom is -0.378 e. The zero-order valence-corrected chi connectivity index (χ0v) is 12.3. The van der Waals surface area contributed by atoms with E-state index in [-0.39, 0.29) is 11.7 Å². The zero-order chi connectivity index (χ0) is 13.2. The molecular formula is C12H16Cl3NO2. The Hall–Kier alpha value is 0.0400. The number of morpholine rings is 1. The highest BCUT2D eigenvalue weighted by Crippen LogP contribution is 2.37. The molecule has 1 aliphatic carbocycles. The molecule has 0 spiro atoms. The van der Waals surface area contributed by atoms with Gasteiger partial charge in [0.05, 0.1) is 19.1 Å². The van der Waals surface area contributed by atoms with Crippen LogP contribution < -0.4 is 0 Å². The molecule has 1 aliphatic heterocycles. The minimum absolute atomic E-state index is 0.288. The lowest BCUT2D eigenvalue weighted by atomic mass is 9.88. The Bertz CT molecular complexity index is 346. The molecule has 1 unspecified atom stereocenters. The Labute approximate surface area is 122 Å². The molecule has 1 saturated heterocycles. The van der Waals surface area contributed by atoms with Gasteiger partial charge >= 0.3 is 0 Å². The highest BCUT2D eigenvalue weighted by atomic mass is 35.6. The largest absolute Gasteiger partial charge is 0.378 e. The number of halogens is 3. The Morgan fingerprint density at radius 1 is 1.33 bits per heavy atom. The summed E-state index contributed by atoms with van der Waals surface area (Å²) < 4.78 is 3.50. The molecule has 6 heteroatoms. The van der Waals surface area contributed by atoms with Crippen molar-refractivity contribution in [1.82, 2.24) is 4.90 Å². The maximum atomic E-state index is 12.2. The van der Waals surface area contributed by atoms with Gasteiger partial charge < -0.3 is 9.64 Å². The summed E-state index contributed by atoms with van der Waals surface area (Å²) >= 11 is 17.2. The van der Waals surface area contributed by atoms with Crippen molar-refractivity contribution in [3.8, 4) is 0 Å². The number of ether oxygens (including phenoxy) is 1. The number of hydrogen-bond acceptors (Lipinski definition) is 3. The van der Waals surface area contributed by atoms with Crippen molar-refractivity contribution in [2.75, 3.05) is 26.3 Å². The number of carbonyl (C=O) groups is 1. The van der Waals surface area contributed by atoms with Crippen LogP contribution in [0.1, 0.15) is 19.3 Å². The molecule has 2 rings (SSSR count). The van der Waals surface area contributed by atoms with Crippen LogP contribution in [0.2, 0.25) is 0 Å². The van der Waals surface area contributed by atoms with E-state index in [1.165, 1.54) is 0 Å². The first-order chi connectivity index (χ1) is 8.50. The average Bonchev–Trinajstić information content (AvgIpc) is 2.38. The summed E-state index contributed by atoms with van der Waals surface area (Å²) in [6, 6.07) is 0. The second-order valence-electron chi connectivity index (χ2n) is 4.57. The van der Waals surface area contributed by atoms with Gasteiger partial charge in [0.25, 0.3) is 0 Å². The molecule has 1 heterocycles. The highest BCUT2D eigenvalue weighted by molar-refractivity contribution is 6.76. The zero-order valence-electron chi connectivity index (χ0n) is 10.0. The lowest BCUT2D eigenvalue weighted by Gasteiger charge is -2.37. The Balaban J connectivity index is 2.15. The molecule has 0 N–H and O–H groups in total. The highest BCUT2D eigenvalue weighted by Gasteiger charge is 2.40. The summed E-state index contributed by atoms with van der Waals surface area (Å²) in [4.78, 5) is 14.4. The smallest absolute Gasteiger partial charge is 0.249 e. The quantitative estimate of drug-likeness (QED) is 0.734. The first kappa shape index (κ1) is 14.4.